The zero-order valence-corrected chi connectivity index (χ0v) is 12.5. The number of hydrogen-bond acceptors (Lipinski definition) is 4. The van der Waals surface area contributed by atoms with Crippen molar-refractivity contribution in [3.8, 4) is 0 Å². The number of rotatable bonds is 9. The molecule has 1 aromatic rings. The molecule has 0 saturated carbocycles. The Hall–Kier alpha value is -1.78. The minimum Gasteiger partial charge on any atom is -0.396 e. The lowest BCUT2D eigenvalue weighted by molar-refractivity contribution is -0.121. The van der Waals surface area contributed by atoms with Crippen LogP contribution in [0.1, 0.15) is 44.6 Å². The summed E-state index contributed by atoms with van der Waals surface area (Å²) in [6, 6.07) is 1.90. The molecule has 4 N–H and O–H groups in total. The smallest absolute Gasteiger partial charge is 0.219 e. The van der Waals surface area contributed by atoms with E-state index in [0.29, 0.717) is 12.1 Å². The van der Waals surface area contributed by atoms with E-state index in [1.54, 1.807) is 6.20 Å². The van der Waals surface area contributed by atoms with Gasteiger partial charge >= 0.3 is 0 Å². The van der Waals surface area contributed by atoms with E-state index in [1.165, 1.54) is 0 Å². The summed E-state index contributed by atoms with van der Waals surface area (Å²) in [6.07, 6.45) is 6.34. The summed E-state index contributed by atoms with van der Waals surface area (Å²) in [5.41, 5.74) is 7.67. The molecule has 0 aromatic carbocycles. The molecule has 5 heteroatoms. The van der Waals surface area contributed by atoms with Gasteiger partial charge in [-0.3, -0.25) is 4.79 Å². The number of hydrogen-bond donors (Lipinski definition) is 3. The SMILES string of the molecule is CCCCC(=O)NCCCCNc1nccc(C)c1N. The molecule has 5 nitrogen and oxygen atoms in total. The standard InChI is InChI=1S/C15H26N4O/c1-3-4-7-13(20)17-9-5-6-10-18-15-14(16)12(2)8-11-19-15/h8,11H,3-7,9-10,16H2,1-2H3,(H,17,20)(H,18,19). The summed E-state index contributed by atoms with van der Waals surface area (Å²) in [5, 5.41) is 6.16. The van der Waals surface area contributed by atoms with Crippen LogP contribution in [0.4, 0.5) is 11.5 Å². The molecule has 0 fully saturated rings. The molecule has 20 heavy (non-hydrogen) atoms. The minimum absolute atomic E-state index is 0.157. The first-order valence-electron chi connectivity index (χ1n) is 7.36. The molecular formula is C15H26N4O. The van der Waals surface area contributed by atoms with Crippen molar-refractivity contribution in [2.75, 3.05) is 24.1 Å². The van der Waals surface area contributed by atoms with Crippen LogP contribution in [0.3, 0.4) is 0 Å². The van der Waals surface area contributed by atoms with Crippen LogP contribution < -0.4 is 16.4 Å². The lowest BCUT2D eigenvalue weighted by Gasteiger charge is -2.10. The van der Waals surface area contributed by atoms with E-state index in [0.717, 1.165) is 50.2 Å². The molecule has 0 bridgehead atoms. The Labute approximate surface area is 121 Å². The normalized spacial score (nSPS) is 10.3. The number of aryl methyl sites for hydroxylation is 1. The van der Waals surface area contributed by atoms with Gasteiger partial charge in [0.2, 0.25) is 5.91 Å². The molecule has 0 aliphatic heterocycles. The highest BCUT2D eigenvalue weighted by Crippen LogP contribution is 2.18. The molecule has 112 valence electrons. The third kappa shape index (κ3) is 5.91. The van der Waals surface area contributed by atoms with Gasteiger partial charge in [0.05, 0.1) is 5.69 Å². The predicted octanol–water partition coefficient (Wildman–Crippen LogP) is 2.47. The van der Waals surface area contributed by atoms with Crippen LogP contribution in [-0.2, 0) is 4.79 Å². The second-order valence-corrected chi connectivity index (χ2v) is 4.98. The summed E-state index contributed by atoms with van der Waals surface area (Å²) < 4.78 is 0. The van der Waals surface area contributed by atoms with Crippen molar-refractivity contribution < 1.29 is 4.79 Å². The Bertz CT molecular complexity index is 420. The molecular weight excluding hydrogens is 252 g/mol. The van der Waals surface area contributed by atoms with E-state index in [4.69, 9.17) is 5.73 Å². The first-order valence-corrected chi connectivity index (χ1v) is 7.36. The molecule has 0 aliphatic rings. The summed E-state index contributed by atoms with van der Waals surface area (Å²) >= 11 is 0. The Morgan fingerprint density at radius 2 is 2.05 bits per heavy atom. The molecule has 1 rings (SSSR count). The summed E-state index contributed by atoms with van der Waals surface area (Å²) in [5.74, 6) is 0.904. The van der Waals surface area contributed by atoms with Gasteiger partial charge in [0, 0.05) is 25.7 Å². The molecule has 0 spiro atoms. The van der Waals surface area contributed by atoms with E-state index >= 15 is 0 Å². The Morgan fingerprint density at radius 3 is 2.80 bits per heavy atom. The van der Waals surface area contributed by atoms with Crippen LogP contribution >= 0.6 is 0 Å². The highest BCUT2D eigenvalue weighted by molar-refractivity contribution is 5.75. The average molecular weight is 278 g/mol. The van der Waals surface area contributed by atoms with Gasteiger partial charge in [0.15, 0.2) is 0 Å². The summed E-state index contributed by atoms with van der Waals surface area (Å²) in [4.78, 5) is 15.6. The van der Waals surface area contributed by atoms with Crippen LogP contribution in [0.5, 0.6) is 0 Å². The van der Waals surface area contributed by atoms with E-state index in [9.17, 15) is 4.79 Å². The number of carbonyl (C=O) groups excluding carboxylic acids is 1. The minimum atomic E-state index is 0.157. The molecule has 0 radical (unpaired) electrons. The monoisotopic (exact) mass is 278 g/mol. The Kier molecular flexibility index (Phi) is 7.47. The van der Waals surface area contributed by atoms with Crippen molar-refractivity contribution in [1.29, 1.82) is 0 Å². The van der Waals surface area contributed by atoms with Gasteiger partial charge in [-0.25, -0.2) is 4.98 Å². The van der Waals surface area contributed by atoms with Gasteiger partial charge in [-0.2, -0.15) is 0 Å². The van der Waals surface area contributed by atoms with Crippen LogP contribution in [0.2, 0.25) is 0 Å². The molecule has 0 unspecified atom stereocenters. The third-order valence-corrected chi connectivity index (χ3v) is 3.18. The number of aromatic nitrogens is 1. The van der Waals surface area contributed by atoms with Crippen LogP contribution in [0.25, 0.3) is 0 Å². The van der Waals surface area contributed by atoms with Crippen molar-refractivity contribution in [2.45, 2.75) is 46.0 Å². The highest BCUT2D eigenvalue weighted by atomic mass is 16.1. The second-order valence-electron chi connectivity index (χ2n) is 4.98. The van der Waals surface area contributed by atoms with E-state index in [2.05, 4.69) is 22.5 Å². The van der Waals surface area contributed by atoms with Crippen molar-refractivity contribution in [2.24, 2.45) is 0 Å². The maximum Gasteiger partial charge on any atom is 0.219 e. The second kappa shape index (κ2) is 9.18. The van der Waals surface area contributed by atoms with Gasteiger partial charge in [-0.1, -0.05) is 13.3 Å². The van der Waals surface area contributed by atoms with Gasteiger partial charge < -0.3 is 16.4 Å². The number of nitrogens with zero attached hydrogens (tertiary/aromatic N) is 1. The number of unbranched alkanes of at least 4 members (excludes halogenated alkanes) is 2. The van der Waals surface area contributed by atoms with Crippen molar-refractivity contribution >= 4 is 17.4 Å². The van der Waals surface area contributed by atoms with E-state index in [1.807, 2.05) is 13.0 Å². The number of nitrogens with one attached hydrogen (secondary N) is 2. The molecule has 1 aromatic heterocycles. The number of anilines is 2. The summed E-state index contributed by atoms with van der Waals surface area (Å²) in [7, 11) is 0. The first-order chi connectivity index (χ1) is 9.65. The molecule has 1 heterocycles. The van der Waals surface area contributed by atoms with E-state index in [-0.39, 0.29) is 5.91 Å². The maximum absolute atomic E-state index is 11.4. The lowest BCUT2D eigenvalue weighted by Crippen LogP contribution is -2.24. The number of carbonyl (C=O) groups is 1. The lowest BCUT2D eigenvalue weighted by atomic mass is 10.2. The number of amides is 1. The number of nitrogens with two attached hydrogens (primary N) is 1. The van der Waals surface area contributed by atoms with Gasteiger partial charge in [0.25, 0.3) is 0 Å². The molecule has 0 aliphatic carbocycles. The van der Waals surface area contributed by atoms with E-state index < -0.39 is 0 Å². The zero-order valence-electron chi connectivity index (χ0n) is 12.5. The maximum atomic E-state index is 11.4. The van der Waals surface area contributed by atoms with Crippen LogP contribution in [-0.4, -0.2) is 24.0 Å². The fourth-order valence-electron chi connectivity index (χ4n) is 1.82. The van der Waals surface area contributed by atoms with Crippen LogP contribution in [0.15, 0.2) is 12.3 Å². The van der Waals surface area contributed by atoms with Gasteiger partial charge in [-0.15, -0.1) is 0 Å². The molecule has 0 saturated heterocycles. The Morgan fingerprint density at radius 1 is 1.30 bits per heavy atom. The summed E-state index contributed by atoms with van der Waals surface area (Å²) in [6.45, 7) is 5.60. The van der Waals surface area contributed by atoms with Crippen LogP contribution in [0, 0.1) is 6.92 Å². The van der Waals surface area contributed by atoms with Crippen molar-refractivity contribution in [3.05, 3.63) is 17.8 Å². The van der Waals surface area contributed by atoms with Gasteiger partial charge in [0.1, 0.15) is 5.82 Å². The van der Waals surface area contributed by atoms with Crippen molar-refractivity contribution in [3.63, 3.8) is 0 Å². The number of pyridine rings is 1. The number of nitrogen functional groups attached to an aromatic ring is 1. The predicted molar refractivity (Wildman–Crippen MR) is 83.6 cm³/mol. The average Bonchev–Trinajstić information content (AvgIpc) is 2.44. The molecule has 1 amide bonds. The quantitative estimate of drug-likeness (QED) is 0.606. The topological polar surface area (TPSA) is 80.0 Å². The first kappa shape index (κ1) is 16.3. The third-order valence-electron chi connectivity index (χ3n) is 3.18. The Balaban J connectivity index is 2.10. The molecule has 0 atom stereocenters. The fourth-order valence-corrected chi connectivity index (χ4v) is 1.82. The highest BCUT2D eigenvalue weighted by Gasteiger charge is 2.02. The largest absolute Gasteiger partial charge is 0.396 e. The fraction of sp³-hybridized carbons (Fsp3) is 0.600. The van der Waals surface area contributed by atoms with Gasteiger partial charge in [-0.05, 0) is 37.8 Å². The zero-order chi connectivity index (χ0) is 14.8. The van der Waals surface area contributed by atoms with Crippen molar-refractivity contribution in [1.82, 2.24) is 10.3 Å².